The van der Waals surface area contributed by atoms with Crippen molar-refractivity contribution in [3.05, 3.63) is 23.4 Å². The minimum Gasteiger partial charge on any atom is -0.481 e. The molecule has 1 atom stereocenters. The van der Waals surface area contributed by atoms with Crippen LogP contribution in [0.3, 0.4) is 0 Å². The van der Waals surface area contributed by atoms with Crippen LogP contribution in [-0.4, -0.2) is 25.2 Å². The number of aryl methyl sites for hydroxylation is 1. The molecule has 3 heteroatoms. The van der Waals surface area contributed by atoms with E-state index in [1.54, 1.807) is 7.11 Å². The predicted molar refractivity (Wildman–Crippen MR) is 65.0 cm³/mol. The summed E-state index contributed by atoms with van der Waals surface area (Å²) in [5.74, 6) is 1.37. The van der Waals surface area contributed by atoms with Crippen LogP contribution in [-0.2, 0) is 6.42 Å². The predicted octanol–water partition coefficient (Wildman–Crippen LogP) is 2.12. The highest BCUT2D eigenvalue weighted by molar-refractivity contribution is 5.30. The number of nitrogens with zero attached hydrogens (tertiary/aromatic N) is 1. The number of nitrogens with one attached hydrogen (secondary N) is 1. The summed E-state index contributed by atoms with van der Waals surface area (Å²) >= 11 is 0. The van der Waals surface area contributed by atoms with Crippen LogP contribution in [0.15, 0.2) is 12.1 Å². The van der Waals surface area contributed by atoms with E-state index in [4.69, 9.17) is 4.74 Å². The number of rotatable bonds is 4. The van der Waals surface area contributed by atoms with E-state index in [0.717, 1.165) is 31.8 Å². The molecule has 0 spiro atoms. The van der Waals surface area contributed by atoms with Crippen LogP contribution in [0.2, 0.25) is 0 Å². The van der Waals surface area contributed by atoms with E-state index in [1.165, 1.54) is 17.7 Å². The number of pyridine rings is 1. The molecule has 0 aliphatic carbocycles. The minimum atomic E-state index is 0.639. The molecule has 2 heterocycles. The number of hydrogen-bond donors (Lipinski definition) is 1. The van der Waals surface area contributed by atoms with Gasteiger partial charge in [0.05, 0.1) is 7.11 Å². The first-order chi connectivity index (χ1) is 7.85. The minimum absolute atomic E-state index is 0.639. The Balaban J connectivity index is 2.27. The highest BCUT2D eigenvalue weighted by atomic mass is 16.5. The van der Waals surface area contributed by atoms with Gasteiger partial charge in [0.25, 0.3) is 0 Å². The van der Waals surface area contributed by atoms with E-state index in [1.807, 2.05) is 6.07 Å². The first-order valence-corrected chi connectivity index (χ1v) is 6.09. The van der Waals surface area contributed by atoms with Gasteiger partial charge < -0.3 is 10.1 Å². The van der Waals surface area contributed by atoms with Crippen LogP contribution in [0, 0.1) is 0 Å². The van der Waals surface area contributed by atoms with Gasteiger partial charge in [0.15, 0.2) is 0 Å². The van der Waals surface area contributed by atoms with E-state index < -0.39 is 0 Å². The lowest BCUT2D eigenvalue weighted by atomic mass is 9.95. The van der Waals surface area contributed by atoms with Crippen molar-refractivity contribution in [1.29, 1.82) is 0 Å². The van der Waals surface area contributed by atoms with Gasteiger partial charge in [-0.25, -0.2) is 4.98 Å². The Bertz CT molecular complexity index is 346. The van der Waals surface area contributed by atoms with E-state index in [-0.39, 0.29) is 0 Å². The van der Waals surface area contributed by atoms with Crippen molar-refractivity contribution >= 4 is 0 Å². The van der Waals surface area contributed by atoms with Crippen molar-refractivity contribution in [2.75, 3.05) is 20.2 Å². The largest absolute Gasteiger partial charge is 0.481 e. The third kappa shape index (κ3) is 2.35. The topological polar surface area (TPSA) is 34.1 Å². The molecular weight excluding hydrogens is 200 g/mol. The molecule has 88 valence electrons. The Morgan fingerprint density at radius 3 is 3.00 bits per heavy atom. The molecule has 1 aromatic rings. The first-order valence-electron chi connectivity index (χ1n) is 6.09. The van der Waals surface area contributed by atoms with E-state index in [9.17, 15) is 0 Å². The maximum atomic E-state index is 5.19. The molecule has 2 rings (SSSR count). The number of hydrogen-bond acceptors (Lipinski definition) is 3. The van der Waals surface area contributed by atoms with Crippen molar-refractivity contribution < 1.29 is 4.74 Å². The molecule has 1 aromatic heterocycles. The monoisotopic (exact) mass is 220 g/mol. The maximum Gasteiger partial charge on any atom is 0.213 e. The molecule has 3 nitrogen and oxygen atoms in total. The molecule has 0 saturated carbocycles. The summed E-state index contributed by atoms with van der Waals surface area (Å²) in [6.07, 6.45) is 3.40. The van der Waals surface area contributed by atoms with Gasteiger partial charge in [0.2, 0.25) is 5.88 Å². The average molecular weight is 220 g/mol. The molecule has 1 aliphatic rings. The summed E-state index contributed by atoms with van der Waals surface area (Å²) in [4.78, 5) is 4.58. The fourth-order valence-electron chi connectivity index (χ4n) is 2.33. The summed E-state index contributed by atoms with van der Waals surface area (Å²) in [5, 5.41) is 3.41. The molecule has 0 amide bonds. The zero-order valence-electron chi connectivity index (χ0n) is 10.1. The van der Waals surface area contributed by atoms with E-state index in [2.05, 4.69) is 23.3 Å². The highest BCUT2D eigenvalue weighted by Crippen LogP contribution is 2.27. The molecule has 1 N–H and O–H groups in total. The van der Waals surface area contributed by atoms with Gasteiger partial charge in [-0.3, -0.25) is 0 Å². The lowest BCUT2D eigenvalue weighted by Gasteiger charge is -2.14. The molecule has 0 radical (unpaired) electrons. The summed E-state index contributed by atoms with van der Waals surface area (Å²) < 4.78 is 5.19. The smallest absolute Gasteiger partial charge is 0.213 e. The fraction of sp³-hybridized carbons (Fsp3) is 0.615. The average Bonchev–Trinajstić information content (AvgIpc) is 2.83. The summed E-state index contributed by atoms with van der Waals surface area (Å²) in [5.41, 5.74) is 2.63. The van der Waals surface area contributed by atoms with Crippen molar-refractivity contribution in [3.63, 3.8) is 0 Å². The van der Waals surface area contributed by atoms with E-state index >= 15 is 0 Å². The van der Waals surface area contributed by atoms with Crippen LogP contribution < -0.4 is 10.1 Å². The third-order valence-electron chi connectivity index (χ3n) is 3.18. The van der Waals surface area contributed by atoms with E-state index in [0.29, 0.717) is 5.92 Å². The van der Waals surface area contributed by atoms with Crippen molar-refractivity contribution in [2.45, 2.75) is 32.1 Å². The Morgan fingerprint density at radius 1 is 1.50 bits per heavy atom. The SMILES string of the molecule is CCCc1nc(OC)ccc1[C@H]1CCNC1. The highest BCUT2D eigenvalue weighted by Gasteiger charge is 2.20. The molecule has 1 fully saturated rings. The van der Waals surface area contributed by atoms with Crippen molar-refractivity contribution in [1.82, 2.24) is 10.3 Å². The lowest BCUT2D eigenvalue weighted by molar-refractivity contribution is 0.395. The second-order valence-corrected chi connectivity index (χ2v) is 4.33. The quantitative estimate of drug-likeness (QED) is 0.844. The van der Waals surface area contributed by atoms with Gasteiger partial charge in [-0.1, -0.05) is 19.4 Å². The van der Waals surface area contributed by atoms with Gasteiger partial charge in [-0.05, 0) is 30.9 Å². The van der Waals surface area contributed by atoms with Gasteiger partial charge in [0, 0.05) is 18.3 Å². The zero-order chi connectivity index (χ0) is 11.4. The Labute approximate surface area is 97.2 Å². The second kappa shape index (κ2) is 5.30. The van der Waals surface area contributed by atoms with Crippen LogP contribution in [0.1, 0.15) is 36.9 Å². The number of aromatic nitrogens is 1. The van der Waals surface area contributed by atoms with Gasteiger partial charge in [-0.15, -0.1) is 0 Å². The lowest BCUT2D eigenvalue weighted by Crippen LogP contribution is -2.10. The Morgan fingerprint density at radius 2 is 2.38 bits per heavy atom. The fourth-order valence-corrected chi connectivity index (χ4v) is 2.33. The second-order valence-electron chi connectivity index (χ2n) is 4.33. The Kier molecular flexibility index (Phi) is 3.78. The van der Waals surface area contributed by atoms with Gasteiger partial charge in [0.1, 0.15) is 0 Å². The Hall–Kier alpha value is -1.09. The molecule has 0 unspecified atom stereocenters. The molecule has 0 aromatic carbocycles. The molecular formula is C13H20N2O. The van der Waals surface area contributed by atoms with Gasteiger partial charge in [-0.2, -0.15) is 0 Å². The number of methoxy groups -OCH3 is 1. The molecule has 1 saturated heterocycles. The standard InChI is InChI=1S/C13H20N2O/c1-3-4-12-11(10-7-8-14-9-10)5-6-13(15-12)16-2/h5-6,10,14H,3-4,7-9H2,1-2H3/t10-/m0/s1. The first kappa shape index (κ1) is 11.4. The van der Waals surface area contributed by atoms with Crippen LogP contribution in [0.5, 0.6) is 5.88 Å². The van der Waals surface area contributed by atoms with Gasteiger partial charge >= 0.3 is 0 Å². The van der Waals surface area contributed by atoms with Crippen LogP contribution >= 0.6 is 0 Å². The molecule has 1 aliphatic heterocycles. The molecule has 16 heavy (non-hydrogen) atoms. The molecule has 0 bridgehead atoms. The summed E-state index contributed by atoms with van der Waals surface area (Å²) in [7, 11) is 1.68. The third-order valence-corrected chi connectivity index (χ3v) is 3.18. The van der Waals surface area contributed by atoms with Crippen molar-refractivity contribution in [2.24, 2.45) is 0 Å². The summed E-state index contributed by atoms with van der Waals surface area (Å²) in [6, 6.07) is 4.17. The summed E-state index contributed by atoms with van der Waals surface area (Å²) in [6.45, 7) is 4.41. The van der Waals surface area contributed by atoms with Crippen molar-refractivity contribution in [3.8, 4) is 5.88 Å². The normalized spacial score (nSPS) is 20.0. The zero-order valence-corrected chi connectivity index (χ0v) is 10.1. The maximum absolute atomic E-state index is 5.19. The van der Waals surface area contributed by atoms with Crippen LogP contribution in [0.4, 0.5) is 0 Å². The number of ether oxygens (including phenoxy) is 1. The van der Waals surface area contributed by atoms with Crippen LogP contribution in [0.25, 0.3) is 0 Å².